The second-order valence-corrected chi connectivity index (χ2v) is 8.89. The van der Waals surface area contributed by atoms with Gasteiger partial charge >= 0.3 is 0 Å². The topological polar surface area (TPSA) is 65.3 Å². The summed E-state index contributed by atoms with van der Waals surface area (Å²) in [4.78, 5) is 21.3. The molecule has 0 unspecified atom stereocenters. The third-order valence-electron chi connectivity index (χ3n) is 4.68. The summed E-state index contributed by atoms with van der Waals surface area (Å²) in [6.07, 6.45) is 1.83. The predicted molar refractivity (Wildman–Crippen MR) is 119 cm³/mol. The van der Waals surface area contributed by atoms with Crippen LogP contribution in [0.5, 0.6) is 17.2 Å². The normalized spacial score (nSPS) is 11.5. The predicted octanol–water partition coefficient (Wildman–Crippen LogP) is 3.75. The van der Waals surface area contributed by atoms with E-state index in [1.807, 2.05) is 25.3 Å². The van der Waals surface area contributed by atoms with Crippen molar-refractivity contribution >= 4 is 16.3 Å². The number of hydrogen-bond donors (Lipinski definition) is 0. The molecule has 2 heterocycles. The van der Waals surface area contributed by atoms with Gasteiger partial charge in [0.05, 0.1) is 27.0 Å². The van der Waals surface area contributed by atoms with Crippen molar-refractivity contribution in [2.75, 3.05) is 27.9 Å². The zero-order chi connectivity index (χ0) is 21.8. The van der Waals surface area contributed by atoms with E-state index in [-0.39, 0.29) is 5.56 Å². The van der Waals surface area contributed by atoms with Gasteiger partial charge in [-0.15, -0.1) is 11.3 Å². The van der Waals surface area contributed by atoms with E-state index in [9.17, 15) is 4.79 Å². The van der Waals surface area contributed by atoms with Crippen LogP contribution in [0.2, 0.25) is 0 Å². The van der Waals surface area contributed by atoms with Crippen LogP contribution >= 0.6 is 11.3 Å². The van der Waals surface area contributed by atoms with Crippen molar-refractivity contribution in [3.8, 4) is 17.2 Å². The number of aryl methyl sites for hydroxylation is 1. The lowest BCUT2D eigenvalue weighted by atomic mass is 10.1. The third-order valence-corrected chi connectivity index (χ3v) is 5.57. The number of thiazole rings is 1. The number of aromatic nitrogens is 2. The van der Waals surface area contributed by atoms with Crippen LogP contribution in [0, 0.1) is 12.8 Å². The maximum Gasteiger partial charge on any atom is 0.258 e. The standard InChI is InChI=1S/C22H29N3O4S/c1-14(2)10-24(12-16-7-18(27-4)21(29-6)19(8-16)28-5)13-17-9-20(26)25-11-15(3)30-22(25)23-17/h7-9,11,14H,10,12-13H2,1-6H3. The molecular formula is C22H29N3O4S. The molecule has 3 aromatic rings. The first kappa shape index (κ1) is 22.1. The lowest BCUT2D eigenvalue weighted by Gasteiger charge is -2.25. The average molecular weight is 432 g/mol. The first-order valence-electron chi connectivity index (χ1n) is 9.84. The number of fused-ring (bicyclic) bond motifs is 1. The number of methoxy groups -OCH3 is 3. The zero-order valence-corrected chi connectivity index (χ0v) is 19.2. The summed E-state index contributed by atoms with van der Waals surface area (Å²) >= 11 is 1.53. The Kier molecular flexibility index (Phi) is 6.99. The molecule has 7 nitrogen and oxygen atoms in total. The molecule has 3 rings (SSSR count). The largest absolute Gasteiger partial charge is 0.493 e. The Morgan fingerprint density at radius 1 is 1.07 bits per heavy atom. The van der Waals surface area contributed by atoms with Gasteiger partial charge in [-0.2, -0.15) is 0 Å². The lowest BCUT2D eigenvalue weighted by Crippen LogP contribution is -2.28. The molecule has 0 fully saturated rings. The van der Waals surface area contributed by atoms with Gasteiger partial charge in [0.25, 0.3) is 5.56 Å². The van der Waals surface area contributed by atoms with E-state index in [1.165, 1.54) is 11.3 Å². The molecule has 162 valence electrons. The van der Waals surface area contributed by atoms with Crippen LogP contribution in [-0.4, -0.2) is 42.2 Å². The molecule has 0 saturated heterocycles. The highest BCUT2D eigenvalue weighted by Gasteiger charge is 2.17. The Balaban J connectivity index is 1.91. The maximum absolute atomic E-state index is 12.5. The molecule has 0 amide bonds. The van der Waals surface area contributed by atoms with Crippen LogP contribution in [0.3, 0.4) is 0 Å². The SMILES string of the molecule is COc1cc(CN(Cc2cc(=O)n3cc(C)sc3n2)CC(C)C)cc(OC)c1OC. The van der Waals surface area contributed by atoms with Gasteiger partial charge < -0.3 is 14.2 Å². The van der Waals surface area contributed by atoms with Crippen molar-refractivity contribution in [1.29, 1.82) is 0 Å². The molecular weight excluding hydrogens is 402 g/mol. The fourth-order valence-corrected chi connectivity index (χ4v) is 4.40. The van der Waals surface area contributed by atoms with E-state index < -0.39 is 0 Å². The molecule has 2 aromatic heterocycles. The number of ether oxygens (including phenoxy) is 3. The summed E-state index contributed by atoms with van der Waals surface area (Å²) in [5.41, 5.74) is 1.77. The molecule has 1 aromatic carbocycles. The van der Waals surface area contributed by atoms with Crippen molar-refractivity contribution in [2.24, 2.45) is 5.92 Å². The summed E-state index contributed by atoms with van der Waals surface area (Å²) in [7, 11) is 4.82. The van der Waals surface area contributed by atoms with Gasteiger partial charge in [0.1, 0.15) is 0 Å². The average Bonchev–Trinajstić information content (AvgIpc) is 3.07. The quantitative estimate of drug-likeness (QED) is 0.514. The third kappa shape index (κ3) is 4.94. The molecule has 0 aliphatic carbocycles. The van der Waals surface area contributed by atoms with Gasteiger partial charge in [0.15, 0.2) is 16.5 Å². The number of hydrogen-bond acceptors (Lipinski definition) is 7. The van der Waals surface area contributed by atoms with Gasteiger partial charge in [-0.25, -0.2) is 4.98 Å². The van der Waals surface area contributed by atoms with Crippen LogP contribution in [0.4, 0.5) is 0 Å². The molecule has 30 heavy (non-hydrogen) atoms. The Morgan fingerprint density at radius 2 is 1.73 bits per heavy atom. The highest BCUT2D eigenvalue weighted by molar-refractivity contribution is 7.16. The summed E-state index contributed by atoms with van der Waals surface area (Å²) in [5, 5.41) is 0. The van der Waals surface area contributed by atoms with Crippen LogP contribution < -0.4 is 19.8 Å². The smallest absolute Gasteiger partial charge is 0.258 e. The Morgan fingerprint density at radius 3 is 2.30 bits per heavy atom. The van der Waals surface area contributed by atoms with Crippen molar-refractivity contribution in [1.82, 2.24) is 14.3 Å². The maximum atomic E-state index is 12.5. The summed E-state index contributed by atoms with van der Waals surface area (Å²) in [6.45, 7) is 8.44. The lowest BCUT2D eigenvalue weighted by molar-refractivity contribution is 0.224. The number of benzene rings is 1. The summed E-state index contributed by atoms with van der Waals surface area (Å²) in [6, 6.07) is 5.55. The van der Waals surface area contributed by atoms with Crippen LogP contribution in [0.25, 0.3) is 4.96 Å². The van der Waals surface area contributed by atoms with Crippen molar-refractivity contribution < 1.29 is 14.2 Å². The van der Waals surface area contributed by atoms with Gasteiger partial charge in [-0.05, 0) is 30.5 Å². The highest BCUT2D eigenvalue weighted by Crippen LogP contribution is 2.38. The van der Waals surface area contributed by atoms with Crippen LogP contribution in [0.15, 0.2) is 29.2 Å². The van der Waals surface area contributed by atoms with E-state index in [1.54, 1.807) is 31.8 Å². The van der Waals surface area contributed by atoms with E-state index in [2.05, 4.69) is 18.7 Å². The minimum atomic E-state index is -0.0448. The van der Waals surface area contributed by atoms with Crippen molar-refractivity contribution in [3.05, 3.63) is 50.9 Å². The first-order valence-corrected chi connectivity index (χ1v) is 10.7. The fraction of sp³-hybridized carbons (Fsp3) is 0.455. The first-order chi connectivity index (χ1) is 14.3. The van der Waals surface area contributed by atoms with E-state index >= 15 is 0 Å². The molecule has 0 spiro atoms. The molecule has 0 bridgehead atoms. The Labute approximate surface area is 180 Å². The Hall–Kier alpha value is -2.58. The monoisotopic (exact) mass is 431 g/mol. The van der Waals surface area contributed by atoms with Gasteiger partial charge in [-0.1, -0.05) is 13.8 Å². The van der Waals surface area contributed by atoms with E-state index in [0.29, 0.717) is 36.3 Å². The van der Waals surface area contributed by atoms with Gasteiger partial charge in [-0.3, -0.25) is 14.1 Å². The van der Waals surface area contributed by atoms with Gasteiger partial charge in [0, 0.05) is 36.8 Å². The fourth-order valence-electron chi connectivity index (χ4n) is 3.55. The van der Waals surface area contributed by atoms with Gasteiger partial charge in [0.2, 0.25) is 5.75 Å². The van der Waals surface area contributed by atoms with Crippen LogP contribution in [-0.2, 0) is 13.1 Å². The molecule has 0 N–H and O–H groups in total. The van der Waals surface area contributed by atoms with E-state index in [4.69, 9.17) is 19.2 Å². The van der Waals surface area contributed by atoms with E-state index in [0.717, 1.165) is 27.6 Å². The minimum absolute atomic E-state index is 0.0448. The highest BCUT2D eigenvalue weighted by atomic mass is 32.1. The molecule has 8 heteroatoms. The number of rotatable bonds is 9. The molecule has 0 radical (unpaired) electrons. The molecule has 0 saturated carbocycles. The molecule has 0 atom stereocenters. The summed E-state index contributed by atoms with van der Waals surface area (Å²) in [5.74, 6) is 2.29. The van der Waals surface area contributed by atoms with Crippen molar-refractivity contribution in [2.45, 2.75) is 33.9 Å². The van der Waals surface area contributed by atoms with Crippen LogP contribution in [0.1, 0.15) is 30.0 Å². The zero-order valence-electron chi connectivity index (χ0n) is 18.4. The Bertz CT molecular complexity index is 1050. The van der Waals surface area contributed by atoms with Crippen molar-refractivity contribution in [3.63, 3.8) is 0 Å². The second-order valence-electron chi connectivity index (χ2n) is 7.68. The molecule has 0 aliphatic rings. The summed E-state index contributed by atoms with van der Waals surface area (Å²) < 4.78 is 18.0. The number of nitrogens with zero attached hydrogens (tertiary/aromatic N) is 3. The second kappa shape index (κ2) is 9.49. The minimum Gasteiger partial charge on any atom is -0.493 e. The molecule has 0 aliphatic heterocycles.